The third-order valence-electron chi connectivity index (χ3n) is 5.35. The molecule has 2 aliphatic rings. The fraction of sp³-hybridized carbons (Fsp3) is 0.286. The van der Waals surface area contributed by atoms with E-state index in [1.807, 2.05) is 0 Å². The molecule has 0 unspecified atom stereocenters. The van der Waals surface area contributed by atoms with E-state index in [0.29, 0.717) is 16.9 Å². The Balaban J connectivity index is 1.52. The number of nitrogens with zero attached hydrogens (tertiary/aromatic N) is 4. The molecule has 188 valence electrons. The van der Waals surface area contributed by atoms with Crippen molar-refractivity contribution in [3.05, 3.63) is 52.4 Å². The Morgan fingerprint density at radius 3 is 2.81 bits per heavy atom. The Morgan fingerprint density at radius 2 is 2.17 bits per heavy atom. The van der Waals surface area contributed by atoms with Gasteiger partial charge in [-0.05, 0) is 6.07 Å². The van der Waals surface area contributed by atoms with E-state index in [0.717, 1.165) is 16.2 Å². The Labute approximate surface area is 212 Å². The molecule has 1 fully saturated rings. The van der Waals surface area contributed by atoms with Gasteiger partial charge in [0, 0.05) is 28.3 Å². The van der Waals surface area contributed by atoms with E-state index in [2.05, 4.69) is 15.5 Å². The molecule has 36 heavy (non-hydrogen) atoms. The number of thioether (sulfide) groups is 1. The van der Waals surface area contributed by atoms with Gasteiger partial charge in [0.1, 0.15) is 29.9 Å². The fourth-order valence-corrected chi connectivity index (χ4v) is 5.76. The highest BCUT2D eigenvalue weighted by Gasteiger charge is 2.54. The van der Waals surface area contributed by atoms with Crippen LogP contribution in [-0.2, 0) is 37.0 Å². The quantitative estimate of drug-likeness (QED) is 0.141. The molecule has 2 amide bonds. The minimum atomic E-state index is -1.27. The maximum Gasteiger partial charge on any atom is 0.352 e. The van der Waals surface area contributed by atoms with Crippen LogP contribution < -0.4 is 15.6 Å². The maximum absolute atomic E-state index is 13.0. The number of hydrogen-bond donors (Lipinski definition) is 4. The highest BCUT2D eigenvalue weighted by molar-refractivity contribution is 8.00. The number of nitrogens with two attached hydrogens (primary N) is 1. The smallest absolute Gasteiger partial charge is 0.352 e. The molecule has 2 atom stereocenters. The van der Waals surface area contributed by atoms with Gasteiger partial charge in [0.05, 0.1) is 6.42 Å². The Bertz CT molecular complexity index is 1310. The second-order valence-electron chi connectivity index (χ2n) is 7.77. The van der Waals surface area contributed by atoms with E-state index >= 15 is 0 Å². The number of aromatic nitrogens is 2. The Kier molecular flexibility index (Phi) is 7.21. The average Bonchev–Trinajstić information content (AvgIpc) is 3.25. The molecule has 13 nitrogen and oxygen atoms in total. The van der Waals surface area contributed by atoms with Crippen LogP contribution in [0.1, 0.15) is 11.3 Å². The van der Waals surface area contributed by atoms with E-state index in [9.17, 15) is 24.3 Å². The van der Waals surface area contributed by atoms with Crippen molar-refractivity contribution in [1.82, 2.24) is 15.2 Å². The molecule has 0 spiro atoms. The zero-order valence-electron chi connectivity index (χ0n) is 18.8. The summed E-state index contributed by atoms with van der Waals surface area (Å²) in [5.41, 5.74) is 6.55. The molecule has 0 aliphatic carbocycles. The van der Waals surface area contributed by atoms with Crippen LogP contribution in [0.4, 0.5) is 5.13 Å². The molecule has 2 aromatic rings. The van der Waals surface area contributed by atoms with Gasteiger partial charge in [0.25, 0.3) is 11.8 Å². The summed E-state index contributed by atoms with van der Waals surface area (Å²) >= 11 is 2.42. The lowest BCUT2D eigenvalue weighted by Crippen LogP contribution is -2.71. The van der Waals surface area contributed by atoms with Gasteiger partial charge >= 0.3 is 11.9 Å². The highest BCUT2D eigenvalue weighted by Crippen LogP contribution is 2.40. The summed E-state index contributed by atoms with van der Waals surface area (Å²) in [6.45, 7) is 0.158. The average molecular weight is 534 g/mol. The maximum atomic E-state index is 13.0. The zero-order valence-corrected chi connectivity index (χ0v) is 20.4. The third kappa shape index (κ3) is 5.01. The number of nitrogen functional groups attached to an aromatic ring is 1. The number of hydrogen-bond acceptors (Lipinski definition) is 10. The molecule has 2 aromatic heterocycles. The molecule has 0 saturated carbocycles. The first-order chi connectivity index (χ1) is 17.2. The molecule has 0 radical (unpaired) electrons. The number of aliphatic carboxylic acids is 2. The number of carboxylic acids is 2. The normalized spacial score (nSPS) is 19.4. The van der Waals surface area contributed by atoms with Crippen LogP contribution in [0.25, 0.3) is 0 Å². The lowest BCUT2D eigenvalue weighted by Gasteiger charge is -2.49. The van der Waals surface area contributed by atoms with Gasteiger partial charge in [-0.2, -0.15) is 0 Å². The van der Waals surface area contributed by atoms with Crippen LogP contribution in [0, 0.1) is 0 Å². The molecule has 0 bridgehead atoms. The predicted octanol–water partition coefficient (Wildman–Crippen LogP) is -0.571. The number of nitrogens with one attached hydrogen (secondary N) is 1. The topological polar surface area (TPSA) is 188 Å². The SMILES string of the molecule is CO/N=C(\C(=O)N[C@@H]1C(=O)N2C(C(=O)O)=C(C[n+]3cccc(CC(=O)O)c3)CS[C@H]12)c1csc(N)n1. The summed E-state index contributed by atoms with van der Waals surface area (Å²) in [5.74, 6) is -3.24. The van der Waals surface area contributed by atoms with Crippen LogP contribution in [0.5, 0.6) is 0 Å². The summed E-state index contributed by atoms with van der Waals surface area (Å²) in [6.07, 6.45) is 3.15. The molecule has 1 saturated heterocycles. The number of amides is 2. The van der Waals surface area contributed by atoms with Crippen LogP contribution >= 0.6 is 23.1 Å². The van der Waals surface area contributed by atoms with Crippen molar-refractivity contribution in [1.29, 1.82) is 0 Å². The first-order valence-electron chi connectivity index (χ1n) is 10.4. The number of oxime groups is 1. The molecular formula is C21H21N6O7S2+. The standard InChI is InChI=1S/C21H20N6O7S2/c1-34-25-14(12-9-36-21(22)23-12)17(30)24-15-18(31)27-16(20(32)33)11(8-35-19(15)27)7-26-4-2-3-10(6-26)5-13(28)29/h2-4,6,9,15,19H,5,7-8H2,1H3,(H4-,22,23,24,28,29,30,32,33)/p+1/b25-14-/t15-,19-/m1/s1. The minimum absolute atomic E-state index is 0.150. The van der Waals surface area contributed by atoms with Gasteiger partial charge in [0.15, 0.2) is 29.8 Å². The number of carbonyl (C=O) groups excluding carboxylic acids is 2. The fourth-order valence-electron chi connectivity index (χ4n) is 3.88. The van der Waals surface area contributed by atoms with E-state index in [4.69, 9.17) is 15.7 Å². The number of fused-ring (bicyclic) bond motifs is 1. The van der Waals surface area contributed by atoms with Gasteiger partial charge in [-0.1, -0.05) is 5.16 Å². The Morgan fingerprint density at radius 1 is 1.39 bits per heavy atom. The summed E-state index contributed by atoms with van der Waals surface area (Å²) in [5, 5.41) is 26.3. The molecule has 4 heterocycles. The van der Waals surface area contributed by atoms with E-state index < -0.39 is 35.2 Å². The molecular weight excluding hydrogens is 512 g/mol. The number of β-lactam (4-membered cyclic amide) rings is 1. The number of thiazole rings is 1. The molecule has 15 heteroatoms. The third-order valence-corrected chi connectivity index (χ3v) is 7.36. The molecule has 0 aromatic carbocycles. The van der Waals surface area contributed by atoms with Gasteiger partial charge in [-0.25, -0.2) is 14.3 Å². The number of carbonyl (C=O) groups is 4. The van der Waals surface area contributed by atoms with Gasteiger partial charge in [0.2, 0.25) is 0 Å². The van der Waals surface area contributed by atoms with Crippen molar-refractivity contribution >= 4 is 57.7 Å². The largest absolute Gasteiger partial charge is 0.481 e. The highest BCUT2D eigenvalue weighted by atomic mass is 32.2. The second kappa shape index (κ2) is 10.3. The first-order valence-corrected chi connectivity index (χ1v) is 12.4. The second-order valence-corrected chi connectivity index (χ2v) is 9.76. The molecule has 5 N–H and O–H groups in total. The van der Waals surface area contributed by atoms with Crippen LogP contribution in [0.15, 0.2) is 46.3 Å². The van der Waals surface area contributed by atoms with E-state index in [1.54, 1.807) is 29.1 Å². The van der Waals surface area contributed by atoms with Crippen molar-refractivity contribution in [3.63, 3.8) is 0 Å². The summed E-state index contributed by atoms with van der Waals surface area (Å²) in [7, 11) is 1.26. The van der Waals surface area contributed by atoms with Gasteiger partial charge < -0.3 is 26.1 Å². The number of anilines is 1. The number of carboxylic acid groups (broad SMARTS) is 2. The van der Waals surface area contributed by atoms with E-state index in [-0.39, 0.29) is 35.2 Å². The number of pyridine rings is 1. The summed E-state index contributed by atoms with van der Waals surface area (Å²) in [6, 6.07) is 2.37. The monoisotopic (exact) mass is 533 g/mol. The lowest BCUT2D eigenvalue weighted by atomic mass is 10.0. The summed E-state index contributed by atoms with van der Waals surface area (Å²) in [4.78, 5) is 58.8. The van der Waals surface area contributed by atoms with Gasteiger partial charge in [-0.3, -0.25) is 19.3 Å². The van der Waals surface area contributed by atoms with Crippen molar-refractivity contribution < 1.29 is 38.8 Å². The Hall–Kier alpha value is -3.98. The lowest BCUT2D eigenvalue weighted by molar-refractivity contribution is -0.689. The van der Waals surface area contributed by atoms with Gasteiger partial charge in [-0.15, -0.1) is 23.1 Å². The van der Waals surface area contributed by atoms with Crippen molar-refractivity contribution in [2.45, 2.75) is 24.4 Å². The van der Waals surface area contributed by atoms with Crippen molar-refractivity contribution in [2.75, 3.05) is 18.6 Å². The van der Waals surface area contributed by atoms with Crippen LogP contribution in [-0.4, -0.2) is 73.8 Å². The predicted molar refractivity (Wildman–Crippen MR) is 128 cm³/mol. The first kappa shape index (κ1) is 25.1. The zero-order chi connectivity index (χ0) is 26.0. The van der Waals surface area contributed by atoms with Crippen LogP contribution in [0.2, 0.25) is 0 Å². The van der Waals surface area contributed by atoms with Crippen molar-refractivity contribution in [2.24, 2.45) is 5.16 Å². The molecule has 2 aliphatic heterocycles. The molecule has 4 rings (SSSR count). The van der Waals surface area contributed by atoms with Crippen LogP contribution in [0.3, 0.4) is 0 Å². The minimum Gasteiger partial charge on any atom is -0.481 e. The van der Waals surface area contributed by atoms with E-state index in [1.165, 1.54) is 24.3 Å². The number of rotatable bonds is 9. The summed E-state index contributed by atoms with van der Waals surface area (Å²) < 4.78 is 1.67. The van der Waals surface area contributed by atoms with Crippen molar-refractivity contribution in [3.8, 4) is 0 Å².